The Morgan fingerprint density at radius 1 is 1.22 bits per heavy atom. The minimum atomic E-state index is 0.250. The number of Topliss-reactive ketones (excluding diaryl/α,β-unsaturated/α-hetero) is 1. The van der Waals surface area contributed by atoms with Gasteiger partial charge in [0.2, 0.25) is 0 Å². The van der Waals surface area contributed by atoms with E-state index >= 15 is 0 Å². The number of benzene rings is 1. The number of pyridine rings is 1. The molecule has 0 atom stereocenters. The summed E-state index contributed by atoms with van der Waals surface area (Å²) in [5, 5.41) is 1.05. The van der Waals surface area contributed by atoms with Gasteiger partial charge in [0.25, 0.3) is 0 Å². The Kier molecular flexibility index (Phi) is 3.09. The van der Waals surface area contributed by atoms with Crippen LogP contribution >= 0.6 is 0 Å². The summed E-state index contributed by atoms with van der Waals surface area (Å²) in [5.41, 5.74) is 1.72. The summed E-state index contributed by atoms with van der Waals surface area (Å²) in [7, 11) is 0. The van der Waals surface area contributed by atoms with Crippen molar-refractivity contribution in [2.45, 2.75) is 32.1 Å². The fourth-order valence-corrected chi connectivity index (χ4v) is 2.82. The molecular formula is C16H17NO. The van der Waals surface area contributed by atoms with E-state index in [0.717, 1.165) is 16.5 Å². The molecule has 1 aliphatic rings. The number of nitrogens with zero attached hydrogens (tertiary/aromatic N) is 1. The predicted octanol–water partition coefficient (Wildman–Crippen LogP) is 4.00. The van der Waals surface area contributed by atoms with Gasteiger partial charge in [-0.25, -0.2) is 0 Å². The fraction of sp³-hybridized carbons (Fsp3) is 0.375. The Balaban J connectivity index is 1.82. The SMILES string of the molecule is O=C(CC1CCCC1)c1cnc2ccccc2c1. The van der Waals surface area contributed by atoms with Crippen LogP contribution in [0.25, 0.3) is 10.9 Å². The standard InChI is InChI=1S/C16H17NO/c18-16(9-12-5-1-2-6-12)14-10-13-7-3-4-8-15(13)17-11-14/h3-4,7-8,10-12H,1-2,5-6,9H2. The van der Waals surface area contributed by atoms with Gasteiger partial charge >= 0.3 is 0 Å². The van der Waals surface area contributed by atoms with E-state index in [2.05, 4.69) is 4.98 Å². The van der Waals surface area contributed by atoms with Crippen molar-refractivity contribution in [3.63, 3.8) is 0 Å². The summed E-state index contributed by atoms with van der Waals surface area (Å²) >= 11 is 0. The highest BCUT2D eigenvalue weighted by Gasteiger charge is 2.19. The second-order valence-electron chi connectivity index (χ2n) is 5.19. The molecule has 2 aromatic rings. The first kappa shape index (κ1) is 11.4. The van der Waals surface area contributed by atoms with Gasteiger partial charge in [0.05, 0.1) is 5.52 Å². The molecule has 1 aromatic heterocycles. The van der Waals surface area contributed by atoms with Crippen LogP contribution in [0.1, 0.15) is 42.5 Å². The zero-order valence-electron chi connectivity index (χ0n) is 10.4. The van der Waals surface area contributed by atoms with Crippen molar-refractivity contribution in [1.29, 1.82) is 0 Å². The van der Waals surface area contributed by atoms with Crippen molar-refractivity contribution in [2.75, 3.05) is 0 Å². The highest BCUT2D eigenvalue weighted by molar-refractivity contribution is 5.98. The minimum absolute atomic E-state index is 0.250. The lowest BCUT2D eigenvalue weighted by Crippen LogP contribution is -2.06. The zero-order chi connectivity index (χ0) is 12.4. The number of hydrogen-bond acceptors (Lipinski definition) is 2. The molecule has 0 radical (unpaired) electrons. The summed E-state index contributed by atoms with van der Waals surface area (Å²) < 4.78 is 0. The zero-order valence-corrected chi connectivity index (χ0v) is 10.4. The van der Waals surface area contributed by atoms with Gasteiger partial charge in [-0.2, -0.15) is 0 Å². The van der Waals surface area contributed by atoms with Crippen LogP contribution in [0.2, 0.25) is 0 Å². The number of para-hydroxylation sites is 1. The third-order valence-corrected chi connectivity index (χ3v) is 3.86. The van der Waals surface area contributed by atoms with Gasteiger partial charge in [0, 0.05) is 23.6 Å². The number of aromatic nitrogens is 1. The first-order valence-corrected chi connectivity index (χ1v) is 6.71. The summed E-state index contributed by atoms with van der Waals surface area (Å²) in [5.74, 6) is 0.851. The van der Waals surface area contributed by atoms with Crippen LogP contribution in [0, 0.1) is 5.92 Å². The van der Waals surface area contributed by atoms with E-state index in [-0.39, 0.29) is 5.78 Å². The molecule has 1 fully saturated rings. The molecular weight excluding hydrogens is 222 g/mol. The summed E-state index contributed by atoms with van der Waals surface area (Å²) in [4.78, 5) is 16.6. The Morgan fingerprint density at radius 2 is 2.00 bits per heavy atom. The van der Waals surface area contributed by atoms with Gasteiger partial charge < -0.3 is 0 Å². The van der Waals surface area contributed by atoms with Gasteiger partial charge in [0.15, 0.2) is 5.78 Å². The Bertz CT molecular complexity index is 570. The first-order valence-electron chi connectivity index (χ1n) is 6.71. The van der Waals surface area contributed by atoms with E-state index in [0.29, 0.717) is 12.3 Å². The smallest absolute Gasteiger partial charge is 0.164 e. The van der Waals surface area contributed by atoms with Crippen LogP contribution in [0.3, 0.4) is 0 Å². The third-order valence-electron chi connectivity index (χ3n) is 3.86. The molecule has 92 valence electrons. The number of rotatable bonds is 3. The van der Waals surface area contributed by atoms with Crippen LogP contribution in [-0.4, -0.2) is 10.8 Å². The predicted molar refractivity (Wildman–Crippen MR) is 72.6 cm³/mol. The van der Waals surface area contributed by atoms with Crippen molar-refractivity contribution >= 4 is 16.7 Å². The van der Waals surface area contributed by atoms with E-state index in [4.69, 9.17) is 0 Å². The van der Waals surface area contributed by atoms with E-state index in [1.165, 1.54) is 25.7 Å². The lowest BCUT2D eigenvalue weighted by atomic mass is 9.97. The lowest BCUT2D eigenvalue weighted by molar-refractivity contribution is 0.0962. The van der Waals surface area contributed by atoms with Crippen LogP contribution in [0.5, 0.6) is 0 Å². The first-order chi connectivity index (χ1) is 8.83. The van der Waals surface area contributed by atoms with Crippen molar-refractivity contribution in [1.82, 2.24) is 4.98 Å². The second kappa shape index (κ2) is 4.89. The molecule has 0 bridgehead atoms. The van der Waals surface area contributed by atoms with E-state index < -0.39 is 0 Å². The van der Waals surface area contributed by atoms with Crippen molar-refractivity contribution in [3.8, 4) is 0 Å². The highest BCUT2D eigenvalue weighted by Crippen LogP contribution is 2.28. The summed E-state index contributed by atoms with van der Waals surface area (Å²) in [6.07, 6.45) is 7.42. The van der Waals surface area contributed by atoms with Crippen LogP contribution in [0.4, 0.5) is 0 Å². The summed E-state index contributed by atoms with van der Waals surface area (Å²) in [6, 6.07) is 9.90. The molecule has 0 aliphatic heterocycles. The number of ketones is 1. The Morgan fingerprint density at radius 3 is 2.83 bits per heavy atom. The number of carbonyl (C=O) groups is 1. The fourth-order valence-electron chi connectivity index (χ4n) is 2.82. The third kappa shape index (κ3) is 2.28. The molecule has 0 spiro atoms. The normalized spacial score (nSPS) is 16.2. The summed E-state index contributed by atoms with van der Waals surface area (Å²) in [6.45, 7) is 0. The lowest BCUT2D eigenvalue weighted by Gasteiger charge is -2.08. The molecule has 0 saturated heterocycles. The van der Waals surface area contributed by atoms with Gasteiger partial charge in [-0.05, 0) is 18.1 Å². The van der Waals surface area contributed by atoms with Gasteiger partial charge in [0.1, 0.15) is 0 Å². The molecule has 1 aromatic carbocycles. The molecule has 0 amide bonds. The van der Waals surface area contributed by atoms with Crippen molar-refractivity contribution in [3.05, 3.63) is 42.1 Å². The maximum atomic E-state index is 12.2. The van der Waals surface area contributed by atoms with Crippen molar-refractivity contribution in [2.24, 2.45) is 5.92 Å². The molecule has 18 heavy (non-hydrogen) atoms. The molecule has 2 nitrogen and oxygen atoms in total. The quantitative estimate of drug-likeness (QED) is 0.758. The van der Waals surface area contributed by atoms with Crippen molar-refractivity contribution < 1.29 is 4.79 Å². The van der Waals surface area contributed by atoms with E-state index in [9.17, 15) is 4.79 Å². The number of fused-ring (bicyclic) bond motifs is 1. The molecule has 1 heterocycles. The molecule has 0 N–H and O–H groups in total. The Labute approximate surface area is 107 Å². The second-order valence-corrected chi connectivity index (χ2v) is 5.19. The minimum Gasteiger partial charge on any atom is -0.294 e. The topological polar surface area (TPSA) is 30.0 Å². The molecule has 2 heteroatoms. The van der Waals surface area contributed by atoms with Crippen LogP contribution in [0.15, 0.2) is 36.5 Å². The maximum Gasteiger partial charge on any atom is 0.164 e. The van der Waals surface area contributed by atoms with Gasteiger partial charge in [-0.15, -0.1) is 0 Å². The van der Waals surface area contributed by atoms with E-state index in [1.54, 1.807) is 6.20 Å². The largest absolute Gasteiger partial charge is 0.294 e. The van der Waals surface area contributed by atoms with Crippen LogP contribution < -0.4 is 0 Å². The average molecular weight is 239 g/mol. The van der Waals surface area contributed by atoms with Crippen LogP contribution in [-0.2, 0) is 0 Å². The Hall–Kier alpha value is -1.70. The number of carbonyl (C=O) groups excluding carboxylic acids is 1. The number of hydrogen-bond donors (Lipinski definition) is 0. The van der Waals surface area contributed by atoms with E-state index in [1.807, 2.05) is 30.3 Å². The monoisotopic (exact) mass is 239 g/mol. The maximum absolute atomic E-state index is 12.2. The van der Waals surface area contributed by atoms with Gasteiger partial charge in [-0.1, -0.05) is 43.9 Å². The molecule has 1 saturated carbocycles. The van der Waals surface area contributed by atoms with Gasteiger partial charge in [-0.3, -0.25) is 9.78 Å². The highest BCUT2D eigenvalue weighted by atomic mass is 16.1. The molecule has 0 unspecified atom stereocenters. The molecule has 3 rings (SSSR count). The average Bonchev–Trinajstić information content (AvgIpc) is 2.91. The molecule has 1 aliphatic carbocycles.